The van der Waals surface area contributed by atoms with Gasteiger partial charge in [-0.15, -0.1) is 0 Å². The first kappa shape index (κ1) is 15.9. The van der Waals surface area contributed by atoms with Crippen molar-refractivity contribution in [2.45, 2.75) is 25.7 Å². The first-order valence-electron chi connectivity index (χ1n) is 5.13. The minimum Gasteiger partial charge on any atom is -0.481 e. The lowest BCUT2D eigenvalue weighted by Crippen LogP contribution is -2.31. The summed E-state index contributed by atoms with van der Waals surface area (Å²) >= 11 is 0. The lowest BCUT2D eigenvalue weighted by atomic mass is 10.2. The predicted octanol–water partition coefficient (Wildman–Crippen LogP) is -0.276. The van der Waals surface area contributed by atoms with Crippen molar-refractivity contribution in [3.63, 3.8) is 0 Å². The molecule has 2 N–H and O–H groups in total. The summed E-state index contributed by atoms with van der Waals surface area (Å²) < 4.78 is 28.9. The third-order valence-corrected chi connectivity index (χ3v) is 3.18. The molecular weight excluding hydrogens is 250 g/mol. The molecule has 0 aliphatic carbocycles. The van der Waals surface area contributed by atoms with Crippen LogP contribution >= 0.6 is 0 Å². The summed E-state index contributed by atoms with van der Waals surface area (Å²) in [5, 5.41) is 8.36. The molecule has 0 saturated heterocycles. The third kappa shape index (κ3) is 9.76. The van der Waals surface area contributed by atoms with Crippen molar-refractivity contribution in [2.24, 2.45) is 0 Å². The van der Waals surface area contributed by atoms with E-state index < -0.39 is 27.7 Å². The molecule has 100 valence electrons. The molecule has 7 nitrogen and oxygen atoms in total. The SMILES string of the molecule is COC(=O)CS(=O)(=O)NCCCCCC(=O)O. The molecule has 0 bridgehead atoms. The van der Waals surface area contributed by atoms with E-state index in [0.29, 0.717) is 19.3 Å². The van der Waals surface area contributed by atoms with Crippen LogP contribution in [-0.2, 0) is 24.3 Å². The Balaban J connectivity index is 3.66. The molecular formula is C9H17NO6S. The van der Waals surface area contributed by atoms with E-state index in [0.717, 1.165) is 7.11 Å². The number of ether oxygens (including phenoxy) is 1. The fourth-order valence-electron chi connectivity index (χ4n) is 1.07. The molecule has 0 rings (SSSR count). The van der Waals surface area contributed by atoms with Crippen LogP contribution in [0.4, 0.5) is 0 Å². The molecule has 0 spiro atoms. The second kappa shape index (κ2) is 8.02. The Labute approximate surface area is 100 Å². The van der Waals surface area contributed by atoms with Gasteiger partial charge in [0.15, 0.2) is 5.75 Å². The van der Waals surface area contributed by atoms with Gasteiger partial charge >= 0.3 is 11.9 Å². The van der Waals surface area contributed by atoms with Crippen LogP contribution in [0, 0.1) is 0 Å². The average Bonchev–Trinajstić information content (AvgIpc) is 2.22. The summed E-state index contributed by atoms with van der Waals surface area (Å²) in [6.07, 6.45) is 1.74. The zero-order chi connectivity index (χ0) is 13.3. The number of hydrogen-bond donors (Lipinski definition) is 2. The van der Waals surface area contributed by atoms with E-state index in [9.17, 15) is 18.0 Å². The average molecular weight is 267 g/mol. The minimum atomic E-state index is -3.64. The summed E-state index contributed by atoms with van der Waals surface area (Å²) in [4.78, 5) is 20.9. The van der Waals surface area contributed by atoms with Gasteiger partial charge in [-0.2, -0.15) is 0 Å². The number of carboxylic acids is 1. The highest BCUT2D eigenvalue weighted by atomic mass is 32.2. The summed E-state index contributed by atoms with van der Waals surface area (Å²) in [7, 11) is -2.52. The summed E-state index contributed by atoms with van der Waals surface area (Å²) in [6, 6.07) is 0. The maximum Gasteiger partial charge on any atom is 0.322 e. The quantitative estimate of drug-likeness (QED) is 0.439. The lowest BCUT2D eigenvalue weighted by molar-refractivity contribution is -0.138. The molecule has 0 radical (unpaired) electrons. The van der Waals surface area contributed by atoms with E-state index in [1.807, 2.05) is 0 Å². The number of carboxylic acid groups (broad SMARTS) is 1. The number of aliphatic carboxylic acids is 1. The number of rotatable bonds is 9. The summed E-state index contributed by atoms with van der Waals surface area (Å²) in [5.74, 6) is -2.38. The van der Waals surface area contributed by atoms with Crippen molar-refractivity contribution in [1.29, 1.82) is 0 Å². The topological polar surface area (TPSA) is 110 Å². The number of carbonyl (C=O) groups is 2. The van der Waals surface area contributed by atoms with E-state index in [4.69, 9.17) is 5.11 Å². The highest BCUT2D eigenvalue weighted by molar-refractivity contribution is 7.90. The first-order chi connectivity index (χ1) is 7.87. The largest absolute Gasteiger partial charge is 0.481 e. The van der Waals surface area contributed by atoms with E-state index in [1.165, 1.54) is 0 Å². The van der Waals surface area contributed by atoms with Crippen LogP contribution in [0.5, 0.6) is 0 Å². The Morgan fingerprint density at radius 2 is 1.88 bits per heavy atom. The van der Waals surface area contributed by atoms with Gasteiger partial charge in [0, 0.05) is 13.0 Å². The molecule has 0 heterocycles. The molecule has 0 atom stereocenters. The van der Waals surface area contributed by atoms with Crippen LogP contribution in [0.25, 0.3) is 0 Å². The second-order valence-corrected chi connectivity index (χ2v) is 5.24. The van der Waals surface area contributed by atoms with Crippen LogP contribution < -0.4 is 4.72 Å². The number of nitrogens with one attached hydrogen (secondary N) is 1. The summed E-state index contributed by atoms with van der Waals surface area (Å²) in [5.41, 5.74) is 0. The molecule has 0 aromatic carbocycles. The number of methoxy groups -OCH3 is 1. The van der Waals surface area contributed by atoms with Gasteiger partial charge in [-0.05, 0) is 12.8 Å². The summed E-state index contributed by atoms with van der Waals surface area (Å²) in [6.45, 7) is 0.193. The molecule has 0 aliphatic rings. The molecule has 0 aromatic rings. The molecule has 0 saturated carbocycles. The maximum atomic E-state index is 11.2. The second-order valence-electron chi connectivity index (χ2n) is 3.43. The molecule has 8 heteroatoms. The lowest BCUT2D eigenvalue weighted by Gasteiger charge is -2.05. The molecule has 0 aliphatic heterocycles. The van der Waals surface area contributed by atoms with E-state index in [1.54, 1.807) is 0 Å². The van der Waals surface area contributed by atoms with Crippen LogP contribution in [0.1, 0.15) is 25.7 Å². The molecule has 0 aromatic heterocycles. The van der Waals surface area contributed by atoms with Gasteiger partial charge in [-0.25, -0.2) is 13.1 Å². The molecule has 0 unspecified atom stereocenters. The molecule has 0 fully saturated rings. The van der Waals surface area contributed by atoms with Crippen molar-refractivity contribution < 1.29 is 27.9 Å². The Bertz CT molecular complexity index is 350. The Morgan fingerprint density at radius 1 is 1.24 bits per heavy atom. The van der Waals surface area contributed by atoms with Gasteiger partial charge < -0.3 is 9.84 Å². The zero-order valence-electron chi connectivity index (χ0n) is 9.64. The molecule has 0 amide bonds. The van der Waals surface area contributed by atoms with Crippen molar-refractivity contribution in [2.75, 3.05) is 19.4 Å². The number of hydrogen-bond acceptors (Lipinski definition) is 5. The monoisotopic (exact) mass is 267 g/mol. The minimum absolute atomic E-state index is 0.0783. The highest BCUT2D eigenvalue weighted by Gasteiger charge is 2.15. The Morgan fingerprint density at radius 3 is 2.41 bits per heavy atom. The van der Waals surface area contributed by atoms with E-state index in [2.05, 4.69) is 9.46 Å². The van der Waals surface area contributed by atoms with Crippen molar-refractivity contribution in [3.8, 4) is 0 Å². The van der Waals surface area contributed by atoms with Crippen LogP contribution in [0.3, 0.4) is 0 Å². The zero-order valence-corrected chi connectivity index (χ0v) is 10.5. The van der Waals surface area contributed by atoms with Gasteiger partial charge in [-0.1, -0.05) is 6.42 Å². The maximum absolute atomic E-state index is 11.2. The number of unbranched alkanes of at least 4 members (excludes halogenated alkanes) is 2. The van der Waals surface area contributed by atoms with Gasteiger partial charge in [0.1, 0.15) is 0 Å². The highest BCUT2D eigenvalue weighted by Crippen LogP contribution is 1.99. The van der Waals surface area contributed by atoms with E-state index >= 15 is 0 Å². The third-order valence-electron chi connectivity index (χ3n) is 1.92. The number of esters is 1. The van der Waals surface area contributed by atoms with Crippen molar-refractivity contribution >= 4 is 22.0 Å². The molecule has 17 heavy (non-hydrogen) atoms. The normalized spacial score (nSPS) is 11.1. The van der Waals surface area contributed by atoms with Gasteiger partial charge in [0.05, 0.1) is 7.11 Å². The van der Waals surface area contributed by atoms with Gasteiger partial charge in [0.25, 0.3) is 0 Å². The smallest absolute Gasteiger partial charge is 0.322 e. The van der Waals surface area contributed by atoms with Crippen LogP contribution in [0.15, 0.2) is 0 Å². The Hall–Kier alpha value is -1.15. The first-order valence-corrected chi connectivity index (χ1v) is 6.78. The standard InChI is InChI=1S/C9H17NO6S/c1-16-9(13)7-17(14,15)10-6-4-2-3-5-8(11)12/h10H,2-7H2,1H3,(H,11,12). The van der Waals surface area contributed by atoms with Gasteiger partial charge in [-0.3, -0.25) is 9.59 Å². The van der Waals surface area contributed by atoms with Crippen LogP contribution in [0.2, 0.25) is 0 Å². The van der Waals surface area contributed by atoms with Crippen molar-refractivity contribution in [1.82, 2.24) is 4.72 Å². The van der Waals surface area contributed by atoms with Gasteiger partial charge in [0.2, 0.25) is 10.0 Å². The fraction of sp³-hybridized carbons (Fsp3) is 0.778. The van der Waals surface area contributed by atoms with Crippen molar-refractivity contribution in [3.05, 3.63) is 0 Å². The predicted molar refractivity (Wildman–Crippen MR) is 59.9 cm³/mol. The number of sulfonamides is 1. The number of carbonyl (C=O) groups excluding carboxylic acids is 1. The van der Waals surface area contributed by atoms with Crippen LogP contribution in [-0.4, -0.2) is 44.9 Å². The Kier molecular flexibility index (Phi) is 7.47. The fourth-order valence-corrected chi connectivity index (χ4v) is 2.06. The van der Waals surface area contributed by atoms with E-state index in [-0.39, 0.29) is 13.0 Å².